The molecule has 1 aliphatic rings. The van der Waals surface area contributed by atoms with Crippen molar-refractivity contribution in [1.82, 2.24) is 31.9 Å². The van der Waals surface area contributed by atoms with Gasteiger partial charge >= 0.3 is 5.97 Å². The predicted octanol–water partition coefficient (Wildman–Crippen LogP) is 2.58. The van der Waals surface area contributed by atoms with Crippen molar-refractivity contribution < 1.29 is 53.3 Å². The number of guanidine groups is 1. The molecule has 0 saturated carbocycles. The molecule has 20 heteroatoms. The number of carbonyl (C=O) groups excluding carboxylic acids is 8. The molecule has 0 aromatic heterocycles. The van der Waals surface area contributed by atoms with Crippen LogP contribution in [0.15, 0.2) is 4.99 Å². The number of nitrogens with zero attached hydrogens (tertiary/aromatic N) is 1. The molecule has 0 aliphatic carbocycles. The first-order chi connectivity index (χ1) is 32.6. The summed E-state index contributed by atoms with van der Waals surface area (Å²) in [5, 5.41) is 36.9. The van der Waals surface area contributed by atoms with E-state index in [2.05, 4.69) is 36.9 Å². The first-order valence-electron chi connectivity index (χ1n) is 25.6. The van der Waals surface area contributed by atoms with E-state index in [-0.39, 0.29) is 31.0 Å². The van der Waals surface area contributed by atoms with E-state index in [1.54, 1.807) is 27.7 Å². The molecule has 69 heavy (non-hydrogen) atoms. The Kier molecular flexibility index (Phi) is 31.0. The maximum atomic E-state index is 14.2. The summed E-state index contributed by atoms with van der Waals surface area (Å²) in [5.41, 5.74) is 10.7. The van der Waals surface area contributed by atoms with E-state index in [1.807, 2.05) is 0 Å². The zero-order valence-electron chi connectivity index (χ0n) is 42.9. The summed E-state index contributed by atoms with van der Waals surface area (Å²) in [7, 11) is 0. The van der Waals surface area contributed by atoms with Crippen LogP contribution in [-0.4, -0.2) is 124 Å². The summed E-state index contributed by atoms with van der Waals surface area (Å²) in [6.07, 6.45) is 12.1. The SMILES string of the molecule is CCC(C)C1NC(=O)C(C(C)CC)NC(=O)C(NC(=O)CC(O)CCCCCCCCCCCCCCCCN=C(N)N)C(C)OC(=O)C(C)NC(=O)C(CCC(C)=O)NC(=O)C(C(C)O)NC1=O. The van der Waals surface area contributed by atoms with Crippen LogP contribution in [0.3, 0.4) is 0 Å². The number of amides is 6. The minimum absolute atomic E-state index is 0.141. The van der Waals surface area contributed by atoms with Crippen LogP contribution in [-0.2, 0) is 43.1 Å². The second-order valence-electron chi connectivity index (χ2n) is 19.1. The predicted molar refractivity (Wildman–Crippen MR) is 264 cm³/mol. The third-order valence-corrected chi connectivity index (χ3v) is 12.8. The van der Waals surface area contributed by atoms with Gasteiger partial charge < -0.3 is 63.1 Å². The Morgan fingerprint density at radius 1 is 0.652 bits per heavy atom. The summed E-state index contributed by atoms with van der Waals surface area (Å²) in [6, 6.07) is -8.47. The smallest absolute Gasteiger partial charge is 0.328 e. The van der Waals surface area contributed by atoms with Gasteiger partial charge in [0, 0.05) is 13.0 Å². The van der Waals surface area contributed by atoms with Crippen LogP contribution in [0.5, 0.6) is 0 Å². The number of cyclic esters (lactones) is 1. The molecule has 0 aromatic carbocycles. The molecule has 1 heterocycles. The van der Waals surface area contributed by atoms with Crippen molar-refractivity contribution in [2.75, 3.05) is 6.54 Å². The van der Waals surface area contributed by atoms with Crippen molar-refractivity contribution in [1.29, 1.82) is 0 Å². The number of aliphatic hydroxyl groups is 2. The van der Waals surface area contributed by atoms with E-state index in [1.165, 1.54) is 72.6 Å². The molecule has 0 spiro atoms. The van der Waals surface area contributed by atoms with Gasteiger partial charge in [-0.25, -0.2) is 4.79 Å². The molecule has 396 valence electrons. The van der Waals surface area contributed by atoms with E-state index >= 15 is 0 Å². The highest BCUT2D eigenvalue weighted by molar-refractivity contribution is 5.97. The number of nitrogens with one attached hydrogen (secondary N) is 6. The number of aliphatic hydroxyl groups excluding tert-OH is 2. The third kappa shape index (κ3) is 25.5. The molecule has 1 fully saturated rings. The van der Waals surface area contributed by atoms with Gasteiger partial charge in [0.25, 0.3) is 0 Å². The molecule has 0 bridgehead atoms. The lowest BCUT2D eigenvalue weighted by molar-refractivity contribution is -0.155. The Bertz CT molecular complexity index is 1640. The Balaban J connectivity index is 3.12. The summed E-state index contributed by atoms with van der Waals surface area (Å²) < 4.78 is 5.63. The maximum Gasteiger partial charge on any atom is 0.328 e. The summed E-state index contributed by atoms with van der Waals surface area (Å²) >= 11 is 0. The fourth-order valence-electron chi connectivity index (χ4n) is 7.91. The van der Waals surface area contributed by atoms with Gasteiger partial charge in [0.2, 0.25) is 35.4 Å². The molecular formula is C49H89N9O11. The average Bonchev–Trinajstić information content (AvgIpc) is 3.28. The highest BCUT2D eigenvalue weighted by Gasteiger charge is 2.39. The number of aliphatic imine (C=N–C) groups is 1. The van der Waals surface area contributed by atoms with Crippen LogP contribution < -0.4 is 43.4 Å². The van der Waals surface area contributed by atoms with Crippen LogP contribution in [0.1, 0.15) is 184 Å². The van der Waals surface area contributed by atoms with Crippen molar-refractivity contribution >= 4 is 53.2 Å². The van der Waals surface area contributed by atoms with Crippen LogP contribution in [0, 0.1) is 11.8 Å². The molecule has 1 saturated heterocycles. The standard InChI is InChI=1S/C49H89N9O11/c1-9-30(3)39-44(64)56-40(31(4)10-2)45(65)58-41(34(7)60)46(66)54-37(27-26-32(5)59)43(63)53-33(6)48(68)69-35(8)42(47(67)57-39)55-38(62)29-36(61)25-23-21-19-17-15-13-11-12-14-16-18-20-22-24-28-52-49(50)51/h30-31,33-37,39-42,60-61H,9-29H2,1-8H3,(H,53,63)(H,54,66)(H,55,62)(H,56,64)(H,57,67)(H,58,65)(H4,50,51,52). The molecule has 1 aliphatic heterocycles. The van der Waals surface area contributed by atoms with Crippen molar-refractivity contribution in [2.45, 2.75) is 238 Å². The number of carbonyl (C=O) groups is 8. The Labute approximate surface area is 410 Å². The molecule has 0 radical (unpaired) electrons. The highest BCUT2D eigenvalue weighted by atomic mass is 16.5. The summed E-state index contributed by atoms with van der Waals surface area (Å²) in [6.45, 7) is 12.9. The number of esters is 1. The molecule has 0 aromatic rings. The fourth-order valence-corrected chi connectivity index (χ4v) is 7.91. The molecule has 11 atom stereocenters. The monoisotopic (exact) mass is 980 g/mol. The van der Waals surface area contributed by atoms with E-state index in [9.17, 15) is 48.6 Å². The van der Waals surface area contributed by atoms with Crippen LogP contribution in [0.2, 0.25) is 0 Å². The summed E-state index contributed by atoms with van der Waals surface area (Å²) in [4.78, 5) is 112. The quantitative estimate of drug-likeness (QED) is 0.0234. The zero-order chi connectivity index (χ0) is 52.1. The summed E-state index contributed by atoms with van der Waals surface area (Å²) in [5.74, 6) is -7.20. The Hall–Kier alpha value is -4.85. The largest absolute Gasteiger partial charge is 0.458 e. The number of hydrogen-bond donors (Lipinski definition) is 10. The average molecular weight is 980 g/mol. The lowest BCUT2D eigenvalue weighted by Crippen LogP contribution is -2.63. The Morgan fingerprint density at radius 2 is 1.10 bits per heavy atom. The van der Waals surface area contributed by atoms with Crippen LogP contribution in [0.4, 0.5) is 0 Å². The third-order valence-electron chi connectivity index (χ3n) is 12.8. The van der Waals surface area contributed by atoms with Gasteiger partial charge in [-0.3, -0.25) is 33.8 Å². The van der Waals surface area contributed by atoms with Crippen molar-refractivity contribution in [3.8, 4) is 0 Å². The normalized spacial score (nSPS) is 24.0. The first-order valence-corrected chi connectivity index (χ1v) is 25.6. The lowest BCUT2D eigenvalue weighted by atomic mass is 9.94. The van der Waals surface area contributed by atoms with E-state index in [4.69, 9.17) is 16.2 Å². The molecule has 1 rings (SSSR count). The number of rotatable bonds is 28. The topological polar surface area (TPSA) is 323 Å². The zero-order valence-corrected chi connectivity index (χ0v) is 42.9. The molecule has 12 N–H and O–H groups in total. The fraction of sp³-hybridized carbons (Fsp3) is 0.816. The minimum Gasteiger partial charge on any atom is -0.458 e. The van der Waals surface area contributed by atoms with Gasteiger partial charge in [0.1, 0.15) is 48.1 Å². The second kappa shape index (κ2) is 34.4. The number of hydrogen-bond acceptors (Lipinski definition) is 12. The van der Waals surface area contributed by atoms with Gasteiger partial charge in [-0.2, -0.15) is 0 Å². The van der Waals surface area contributed by atoms with Gasteiger partial charge in [0.15, 0.2) is 5.96 Å². The van der Waals surface area contributed by atoms with E-state index < -0.39 is 108 Å². The molecule has 6 amide bonds. The molecular weight excluding hydrogens is 891 g/mol. The van der Waals surface area contributed by atoms with Gasteiger partial charge in [-0.15, -0.1) is 0 Å². The van der Waals surface area contributed by atoms with E-state index in [0.717, 1.165) is 38.5 Å². The minimum atomic E-state index is -1.61. The van der Waals surface area contributed by atoms with Crippen molar-refractivity contribution in [3.63, 3.8) is 0 Å². The number of nitrogens with two attached hydrogens (primary N) is 2. The van der Waals surface area contributed by atoms with Crippen molar-refractivity contribution in [3.05, 3.63) is 0 Å². The van der Waals surface area contributed by atoms with Gasteiger partial charge in [0.05, 0.1) is 18.6 Å². The molecule has 20 nitrogen and oxygen atoms in total. The number of unbranched alkanes of at least 4 members (excludes halogenated alkanes) is 13. The highest BCUT2D eigenvalue weighted by Crippen LogP contribution is 2.17. The lowest BCUT2D eigenvalue weighted by Gasteiger charge is -2.32. The number of Topliss-reactive ketones (excluding diaryl/α,β-unsaturated/α-hetero) is 1. The number of ether oxygens (including phenoxy) is 1. The molecule has 11 unspecified atom stereocenters. The van der Waals surface area contributed by atoms with Crippen molar-refractivity contribution in [2.24, 2.45) is 28.3 Å². The van der Waals surface area contributed by atoms with Gasteiger partial charge in [-0.1, -0.05) is 124 Å². The Morgan fingerprint density at radius 3 is 1.57 bits per heavy atom. The van der Waals surface area contributed by atoms with Gasteiger partial charge in [-0.05, 0) is 58.8 Å². The van der Waals surface area contributed by atoms with Crippen LogP contribution in [0.25, 0.3) is 0 Å². The second-order valence-corrected chi connectivity index (χ2v) is 19.1. The van der Waals surface area contributed by atoms with Crippen LogP contribution >= 0.6 is 0 Å². The first kappa shape index (κ1) is 62.2. The maximum absolute atomic E-state index is 14.2. The van der Waals surface area contributed by atoms with E-state index in [0.29, 0.717) is 32.2 Å². The number of ketones is 1.